The molecule has 2 saturated heterocycles. The Morgan fingerprint density at radius 3 is 2.19 bits per heavy atom. The van der Waals surface area contributed by atoms with Crippen molar-refractivity contribution in [2.45, 2.75) is 45.1 Å². The molecule has 192 valence electrons. The Morgan fingerprint density at radius 2 is 1.53 bits per heavy atom. The van der Waals surface area contributed by atoms with Gasteiger partial charge in [0, 0.05) is 63.1 Å². The molecule has 1 saturated carbocycles. The largest absolute Gasteiger partial charge is 0.371 e. The fourth-order valence-corrected chi connectivity index (χ4v) is 5.13. The molecule has 0 radical (unpaired) electrons. The molecule has 3 aliphatic rings. The number of hydrogen-bond donors (Lipinski definition) is 2. The average Bonchev–Trinajstić information content (AvgIpc) is 3.76. The van der Waals surface area contributed by atoms with Crippen LogP contribution in [0.1, 0.15) is 54.4 Å². The van der Waals surface area contributed by atoms with Crippen LogP contribution >= 0.6 is 0 Å². The van der Waals surface area contributed by atoms with Crippen LogP contribution in [0.4, 0.5) is 17.1 Å². The van der Waals surface area contributed by atoms with Gasteiger partial charge in [-0.15, -0.1) is 0 Å². The lowest BCUT2D eigenvalue weighted by Crippen LogP contribution is -2.44. The summed E-state index contributed by atoms with van der Waals surface area (Å²) in [5, 5.41) is 6.18. The molecule has 5 rings (SSSR count). The molecule has 2 amide bonds. The lowest BCUT2D eigenvalue weighted by Gasteiger charge is -2.34. The molecular weight excluding hydrogens is 450 g/mol. The Balaban J connectivity index is 1.26. The van der Waals surface area contributed by atoms with Crippen LogP contribution < -0.4 is 20.4 Å². The Labute approximate surface area is 214 Å². The van der Waals surface area contributed by atoms with Crippen LogP contribution in [0.5, 0.6) is 0 Å². The minimum atomic E-state index is -0.0718. The van der Waals surface area contributed by atoms with E-state index in [2.05, 4.69) is 56.6 Å². The SMILES string of the molecule is CN1CCN(c2ccc(CNC(=O)c3ccc(NC(=O)C4CC4)cc3N3CCCCCC3)cc2)CC1. The lowest BCUT2D eigenvalue weighted by molar-refractivity contribution is -0.117. The van der Waals surface area contributed by atoms with Gasteiger partial charge in [0.05, 0.1) is 11.3 Å². The quantitative estimate of drug-likeness (QED) is 0.613. The number of anilines is 3. The highest BCUT2D eigenvalue weighted by atomic mass is 16.2. The fraction of sp³-hybridized carbons (Fsp3) is 0.517. The van der Waals surface area contributed by atoms with E-state index in [-0.39, 0.29) is 17.7 Å². The van der Waals surface area contributed by atoms with Gasteiger partial charge in [-0.1, -0.05) is 25.0 Å². The predicted octanol–water partition coefficient (Wildman–Crippen LogP) is 4.10. The van der Waals surface area contributed by atoms with Gasteiger partial charge in [0.25, 0.3) is 5.91 Å². The molecule has 2 heterocycles. The standard InChI is InChI=1S/C29H39N5O2/c1-32-16-18-33(19-17-32)25-11-6-22(7-12-25)21-30-29(36)26-13-10-24(31-28(35)23-8-9-23)20-27(26)34-14-4-2-3-5-15-34/h6-7,10-13,20,23H,2-5,8-9,14-19,21H2,1H3,(H,30,36)(H,31,35). The van der Waals surface area contributed by atoms with Gasteiger partial charge in [0.1, 0.15) is 0 Å². The van der Waals surface area contributed by atoms with Crippen LogP contribution in [0.2, 0.25) is 0 Å². The van der Waals surface area contributed by atoms with Crippen molar-refractivity contribution < 1.29 is 9.59 Å². The Bertz CT molecular complexity index is 1050. The molecule has 2 aliphatic heterocycles. The van der Waals surface area contributed by atoms with Gasteiger partial charge in [0.15, 0.2) is 0 Å². The molecular formula is C29H39N5O2. The van der Waals surface area contributed by atoms with Gasteiger partial charge in [0.2, 0.25) is 5.91 Å². The first kappa shape index (κ1) is 24.6. The van der Waals surface area contributed by atoms with Crippen molar-refractivity contribution >= 4 is 28.9 Å². The van der Waals surface area contributed by atoms with Crippen molar-refractivity contribution in [3.8, 4) is 0 Å². The number of nitrogens with zero attached hydrogens (tertiary/aromatic N) is 3. The minimum Gasteiger partial charge on any atom is -0.371 e. The van der Waals surface area contributed by atoms with Gasteiger partial charge in [-0.05, 0) is 68.6 Å². The van der Waals surface area contributed by atoms with Gasteiger partial charge in [-0.25, -0.2) is 0 Å². The molecule has 0 unspecified atom stereocenters. The number of nitrogens with one attached hydrogen (secondary N) is 2. The second-order valence-electron chi connectivity index (χ2n) is 10.5. The summed E-state index contributed by atoms with van der Waals surface area (Å²) >= 11 is 0. The highest BCUT2D eigenvalue weighted by Crippen LogP contribution is 2.32. The molecule has 0 aromatic heterocycles. The molecule has 7 nitrogen and oxygen atoms in total. The maximum absolute atomic E-state index is 13.3. The third-order valence-corrected chi connectivity index (χ3v) is 7.66. The molecule has 36 heavy (non-hydrogen) atoms. The van der Waals surface area contributed by atoms with E-state index >= 15 is 0 Å². The molecule has 3 fully saturated rings. The summed E-state index contributed by atoms with van der Waals surface area (Å²) in [7, 11) is 2.17. The normalized spacial score (nSPS) is 19.0. The zero-order valence-electron chi connectivity index (χ0n) is 21.5. The topological polar surface area (TPSA) is 67.9 Å². The van der Waals surface area contributed by atoms with E-state index in [4.69, 9.17) is 0 Å². The summed E-state index contributed by atoms with van der Waals surface area (Å²) in [4.78, 5) is 32.7. The van der Waals surface area contributed by atoms with E-state index < -0.39 is 0 Å². The van der Waals surface area contributed by atoms with Gasteiger partial charge >= 0.3 is 0 Å². The monoisotopic (exact) mass is 489 g/mol. The Morgan fingerprint density at radius 1 is 0.833 bits per heavy atom. The molecule has 0 spiro atoms. The number of amides is 2. The van der Waals surface area contributed by atoms with E-state index in [1.165, 1.54) is 18.5 Å². The lowest BCUT2D eigenvalue weighted by atomic mass is 10.1. The van der Waals surface area contributed by atoms with Crippen LogP contribution in [0.3, 0.4) is 0 Å². The molecule has 0 bridgehead atoms. The van der Waals surface area contributed by atoms with Crippen LogP contribution in [0, 0.1) is 5.92 Å². The number of carbonyl (C=O) groups is 2. The van der Waals surface area contributed by atoms with Gasteiger partial charge in [-0.3, -0.25) is 9.59 Å². The third kappa shape index (κ3) is 6.19. The Hall–Kier alpha value is -3.06. The van der Waals surface area contributed by atoms with Crippen LogP contribution in [0.15, 0.2) is 42.5 Å². The van der Waals surface area contributed by atoms with Crippen LogP contribution in [-0.2, 0) is 11.3 Å². The first-order valence-corrected chi connectivity index (χ1v) is 13.6. The van der Waals surface area contributed by atoms with E-state index in [9.17, 15) is 9.59 Å². The summed E-state index contributed by atoms with van der Waals surface area (Å²) < 4.78 is 0. The number of likely N-dealkylation sites (N-methyl/N-ethyl adjacent to an activating group) is 1. The number of benzene rings is 2. The smallest absolute Gasteiger partial charge is 0.253 e. The third-order valence-electron chi connectivity index (χ3n) is 7.66. The minimum absolute atomic E-state index is 0.0718. The number of piperazine rings is 1. The summed E-state index contributed by atoms with van der Waals surface area (Å²) in [6.45, 7) is 6.62. The zero-order chi connectivity index (χ0) is 24.9. The van der Waals surface area contributed by atoms with E-state index in [0.717, 1.165) is 81.9 Å². The number of rotatable bonds is 7. The molecule has 0 atom stereocenters. The van der Waals surface area contributed by atoms with E-state index in [1.807, 2.05) is 18.2 Å². The fourth-order valence-electron chi connectivity index (χ4n) is 5.13. The van der Waals surface area contributed by atoms with Crippen molar-refractivity contribution in [1.29, 1.82) is 0 Å². The molecule has 2 N–H and O–H groups in total. The first-order chi connectivity index (χ1) is 17.6. The van der Waals surface area contributed by atoms with E-state index in [0.29, 0.717) is 12.1 Å². The first-order valence-electron chi connectivity index (χ1n) is 13.6. The maximum atomic E-state index is 13.3. The Kier molecular flexibility index (Phi) is 7.75. The maximum Gasteiger partial charge on any atom is 0.253 e. The zero-order valence-corrected chi connectivity index (χ0v) is 21.5. The molecule has 2 aromatic rings. The predicted molar refractivity (Wildman–Crippen MR) is 146 cm³/mol. The second kappa shape index (κ2) is 11.3. The summed E-state index contributed by atoms with van der Waals surface area (Å²) in [6.07, 6.45) is 6.64. The van der Waals surface area contributed by atoms with Crippen molar-refractivity contribution in [2.24, 2.45) is 5.92 Å². The average molecular weight is 490 g/mol. The highest BCUT2D eigenvalue weighted by molar-refractivity contribution is 6.02. The second-order valence-corrected chi connectivity index (χ2v) is 10.5. The van der Waals surface area contributed by atoms with Crippen LogP contribution in [0.25, 0.3) is 0 Å². The van der Waals surface area contributed by atoms with Crippen molar-refractivity contribution in [3.63, 3.8) is 0 Å². The van der Waals surface area contributed by atoms with Crippen molar-refractivity contribution in [3.05, 3.63) is 53.6 Å². The molecule has 2 aromatic carbocycles. The van der Waals surface area contributed by atoms with Gasteiger partial charge in [-0.2, -0.15) is 0 Å². The number of carbonyl (C=O) groups excluding carboxylic acids is 2. The van der Waals surface area contributed by atoms with Gasteiger partial charge < -0.3 is 25.3 Å². The summed E-state index contributed by atoms with van der Waals surface area (Å²) in [5.41, 5.74) is 4.71. The summed E-state index contributed by atoms with van der Waals surface area (Å²) in [5.74, 6) is 0.170. The molecule has 1 aliphatic carbocycles. The highest BCUT2D eigenvalue weighted by Gasteiger charge is 2.30. The van der Waals surface area contributed by atoms with Crippen LogP contribution in [-0.4, -0.2) is 63.0 Å². The summed E-state index contributed by atoms with van der Waals surface area (Å²) in [6, 6.07) is 14.3. The number of hydrogen-bond acceptors (Lipinski definition) is 5. The van der Waals surface area contributed by atoms with Crippen molar-refractivity contribution in [2.75, 3.05) is 61.4 Å². The van der Waals surface area contributed by atoms with E-state index in [1.54, 1.807) is 0 Å². The molecule has 7 heteroatoms. The van der Waals surface area contributed by atoms with Crippen molar-refractivity contribution in [1.82, 2.24) is 10.2 Å².